The molecule has 0 unspecified atom stereocenters. The summed E-state index contributed by atoms with van der Waals surface area (Å²) >= 11 is 0. The zero-order valence-corrected chi connectivity index (χ0v) is 20.3. The Hall–Kier alpha value is -3.38. The SMILES string of the molecule is COc1ccc(NC(=O)C2CCN(C3CCN(C(=O)c4ccc5ccccc5c4)CC3)CC2)cc1. The van der Waals surface area contributed by atoms with E-state index in [-0.39, 0.29) is 17.7 Å². The molecular weight excluding hydrogens is 438 g/mol. The van der Waals surface area contributed by atoms with Crippen LogP contribution in [0.5, 0.6) is 5.75 Å². The molecule has 0 atom stereocenters. The number of nitrogens with zero attached hydrogens (tertiary/aromatic N) is 2. The van der Waals surface area contributed by atoms with E-state index in [0.29, 0.717) is 6.04 Å². The van der Waals surface area contributed by atoms with Crippen LogP contribution < -0.4 is 10.1 Å². The lowest BCUT2D eigenvalue weighted by atomic mass is 9.92. The van der Waals surface area contributed by atoms with Gasteiger partial charge < -0.3 is 19.9 Å². The highest BCUT2D eigenvalue weighted by atomic mass is 16.5. The van der Waals surface area contributed by atoms with Gasteiger partial charge in [-0.3, -0.25) is 9.59 Å². The number of benzene rings is 3. The first kappa shape index (κ1) is 23.4. The lowest BCUT2D eigenvalue weighted by Gasteiger charge is -2.41. The number of hydrogen-bond acceptors (Lipinski definition) is 4. The van der Waals surface area contributed by atoms with Gasteiger partial charge in [-0.2, -0.15) is 0 Å². The van der Waals surface area contributed by atoms with E-state index in [0.717, 1.165) is 79.6 Å². The number of likely N-dealkylation sites (tertiary alicyclic amines) is 2. The van der Waals surface area contributed by atoms with Gasteiger partial charge in [-0.15, -0.1) is 0 Å². The average Bonchev–Trinajstić information content (AvgIpc) is 2.93. The fraction of sp³-hybridized carbons (Fsp3) is 0.379. The van der Waals surface area contributed by atoms with Crippen LogP contribution in [0.4, 0.5) is 5.69 Å². The van der Waals surface area contributed by atoms with Gasteiger partial charge in [0.25, 0.3) is 5.91 Å². The monoisotopic (exact) mass is 471 g/mol. The lowest BCUT2D eigenvalue weighted by Crippen LogP contribution is -2.49. The van der Waals surface area contributed by atoms with Crippen LogP contribution in [0, 0.1) is 5.92 Å². The van der Waals surface area contributed by atoms with Crippen molar-refractivity contribution in [2.45, 2.75) is 31.7 Å². The predicted molar refractivity (Wildman–Crippen MR) is 139 cm³/mol. The third-order valence-corrected chi connectivity index (χ3v) is 7.52. The van der Waals surface area contributed by atoms with E-state index in [2.05, 4.69) is 22.3 Å². The fourth-order valence-corrected chi connectivity index (χ4v) is 5.38. The number of carbonyl (C=O) groups is 2. The minimum atomic E-state index is 0.0444. The van der Waals surface area contributed by atoms with E-state index >= 15 is 0 Å². The first-order chi connectivity index (χ1) is 17.1. The topological polar surface area (TPSA) is 61.9 Å². The molecule has 6 heteroatoms. The van der Waals surface area contributed by atoms with Gasteiger partial charge >= 0.3 is 0 Å². The van der Waals surface area contributed by atoms with Crippen molar-refractivity contribution >= 4 is 28.3 Å². The molecule has 0 aromatic heterocycles. The van der Waals surface area contributed by atoms with Crippen LogP contribution in [0.3, 0.4) is 0 Å². The van der Waals surface area contributed by atoms with Crippen molar-refractivity contribution < 1.29 is 14.3 Å². The van der Waals surface area contributed by atoms with E-state index in [1.54, 1.807) is 7.11 Å². The molecule has 0 spiro atoms. The molecule has 3 aromatic rings. The number of piperidine rings is 2. The van der Waals surface area contributed by atoms with Crippen molar-refractivity contribution in [2.24, 2.45) is 5.92 Å². The summed E-state index contributed by atoms with van der Waals surface area (Å²) in [5.74, 6) is 1.05. The van der Waals surface area contributed by atoms with Gasteiger partial charge in [-0.1, -0.05) is 30.3 Å². The molecule has 0 aliphatic carbocycles. The first-order valence-electron chi connectivity index (χ1n) is 12.6. The average molecular weight is 472 g/mol. The van der Waals surface area contributed by atoms with Crippen LogP contribution in [0.15, 0.2) is 66.7 Å². The zero-order chi connectivity index (χ0) is 24.2. The van der Waals surface area contributed by atoms with Crippen LogP contribution in [0.25, 0.3) is 10.8 Å². The highest BCUT2D eigenvalue weighted by Gasteiger charge is 2.32. The third-order valence-electron chi connectivity index (χ3n) is 7.52. The van der Waals surface area contributed by atoms with Crippen molar-refractivity contribution in [1.29, 1.82) is 0 Å². The molecule has 6 nitrogen and oxygen atoms in total. The van der Waals surface area contributed by atoms with E-state index < -0.39 is 0 Å². The number of fused-ring (bicyclic) bond motifs is 1. The summed E-state index contributed by atoms with van der Waals surface area (Å²) in [6.45, 7) is 3.44. The molecule has 0 saturated carbocycles. The van der Waals surface area contributed by atoms with E-state index in [4.69, 9.17) is 4.74 Å². The Bertz CT molecular complexity index is 1180. The molecule has 3 aromatic carbocycles. The number of amides is 2. The van der Waals surface area contributed by atoms with Crippen molar-refractivity contribution in [2.75, 3.05) is 38.6 Å². The van der Waals surface area contributed by atoms with Crippen molar-refractivity contribution in [3.05, 3.63) is 72.3 Å². The van der Waals surface area contributed by atoms with Gasteiger partial charge in [0, 0.05) is 36.3 Å². The standard InChI is InChI=1S/C29H33N3O3/c1-35-27-10-8-25(9-11-27)30-28(33)22-12-16-31(17-13-22)26-14-18-32(19-15-26)29(34)24-7-6-21-4-2-3-5-23(21)20-24/h2-11,20,22,26H,12-19H2,1H3,(H,30,33). The molecule has 2 aliphatic rings. The molecule has 5 rings (SSSR count). The van der Waals surface area contributed by atoms with Gasteiger partial charge in [-0.25, -0.2) is 0 Å². The summed E-state index contributed by atoms with van der Waals surface area (Å²) in [4.78, 5) is 30.3. The van der Waals surface area contributed by atoms with Crippen molar-refractivity contribution in [1.82, 2.24) is 9.80 Å². The Kier molecular flexibility index (Phi) is 7.00. The molecule has 182 valence electrons. The second kappa shape index (κ2) is 10.5. The van der Waals surface area contributed by atoms with Gasteiger partial charge in [0.2, 0.25) is 5.91 Å². The van der Waals surface area contributed by atoms with Crippen LogP contribution in [-0.4, -0.2) is 60.9 Å². The van der Waals surface area contributed by atoms with Crippen LogP contribution in [-0.2, 0) is 4.79 Å². The molecule has 2 heterocycles. The van der Waals surface area contributed by atoms with Crippen LogP contribution in [0.1, 0.15) is 36.0 Å². The maximum absolute atomic E-state index is 13.1. The molecule has 0 bridgehead atoms. The number of anilines is 1. The van der Waals surface area contributed by atoms with Gasteiger partial charge in [0.1, 0.15) is 5.75 Å². The van der Waals surface area contributed by atoms with E-state index in [1.807, 2.05) is 59.5 Å². The number of carbonyl (C=O) groups excluding carboxylic acids is 2. The quantitative estimate of drug-likeness (QED) is 0.581. The highest BCUT2D eigenvalue weighted by Crippen LogP contribution is 2.26. The Morgan fingerprint density at radius 1 is 0.829 bits per heavy atom. The molecule has 0 radical (unpaired) electrons. The van der Waals surface area contributed by atoms with Crippen LogP contribution >= 0.6 is 0 Å². The highest BCUT2D eigenvalue weighted by molar-refractivity contribution is 5.98. The Morgan fingerprint density at radius 3 is 2.20 bits per heavy atom. The second-order valence-electron chi connectivity index (χ2n) is 9.61. The van der Waals surface area contributed by atoms with E-state index in [9.17, 15) is 9.59 Å². The Morgan fingerprint density at radius 2 is 1.51 bits per heavy atom. The first-order valence-corrected chi connectivity index (χ1v) is 12.6. The normalized spacial score (nSPS) is 17.9. The molecule has 1 N–H and O–H groups in total. The third kappa shape index (κ3) is 5.33. The summed E-state index contributed by atoms with van der Waals surface area (Å²) in [5, 5.41) is 5.31. The summed E-state index contributed by atoms with van der Waals surface area (Å²) in [6, 6.07) is 22.1. The van der Waals surface area contributed by atoms with Crippen molar-refractivity contribution in [3.8, 4) is 5.75 Å². The number of ether oxygens (including phenoxy) is 1. The summed E-state index contributed by atoms with van der Waals surface area (Å²) in [7, 11) is 1.63. The Balaban J connectivity index is 1.09. The summed E-state index contributed by atoms with van der Waals surface area (Å²) in [6.07, 6.45) is 3.72. The van der Waals surface area contributed by atoms with Crippen LogP contribution in [0.2, 0.25) is 0 Å². The van der Waals surface area contributed by atoms with Gasteiger partial charge in [0.15, 0.2) is 0 Å². The van der Waals surface area contributed by atoms with Gasteiger partial charge in [-0.05, 0) is 85.9 Å². The largest absolute Gasteiger partial charge is 0.497 e. The summed E-state index contributed by atoms with van der Waals surface area (Å²) in [5.41, 5.74) is 1.58. The smallest absolute Gasteiger partial charge is 0.253 e. The maximum Gasteiger partial charge on any atom is 0.253 e. The fourth-order valence-electron chi connectivity index (χ4n) is 5.38. The number of nitrogens with one attached hydrogen (secondary N) is 1. The predicted octanol–water partition coefficient (Wildman–Crippen LogP) is 4.80. The lowest BCUT2D eigenvalue weighted by molar-refractivity contribution is -0.121. The maximum atomic E-state index is 13.1. The Labute approximate surface area is 206 Å². The van der Waals surface area contributed by atoms with Gasteiger partial charge in [0.05, 0.1) is 7.11 Å². The molecule has 2 aliphatic heterocycles. The minimum absolute atomic E-state index is 0.0444. The second-order valence-corrected chi connectivity index (χ2v) is 9.61. The zero-order valence-electron chi connectivity index (χ0n) is 20.3. The minimum Gasteiger partial charge on any atom is -0.497 e. The molecule has 2 amide bonds. The number of methoxy groups -OCH3 is 1. The molecule has 2 saturated heterocycles. The summed E-state index contributed by atoms with van der Waals surface area (Å²) < 4.78 is 5.18. The molecular formula is C29H33N3O3. The molecule has 2 fully saturated rings. The van der Waals surface area contributed by atoms with Crippen molar-refractivity contribution in [3.63, 3.8) is 0 Å². The number of rotatable bonds is 5. The molecule has 35 heavy (non-hydrogen) atoms. The van der Waals surface area contributed by atoms with E-state index in [1.165, 1.54) is 0 Å². The number of hydrogen-bond donors (Lipinski definition) is 1.